The van der Waals surface area contributed by atoms with Crippen LogP contribution < -0.4 is 19.1 Å². The molecule has 0 saturated heterocycles. The molecule has 0 spiro atoms. The van der Waals surface area contributed by atoms with Crippen molar-refractivity contribution in [1.82, 2.24) is 10.2 Å². The van der Waals surface area contributed by atoms with Crippen molar-refractivity contribution >= 4 is 55.1 Å². The van der Waals surface area contributed by atoms with Gasteiger partial charge >= 0.3 is 0 Å². The van der Waals surface area contributed by atoms with E-state index in [1.165, 1.54) is 49.5 Å². The number of rotatable bonds is 12. The van der Waals surface area contributed by atoms with Crippen LogP contribution in [0.25, 0.3) is 0 Å². The molecule has 0 aromatic heterocycles. The molecule has 1 atom stereocenters. The molecule has 0 bridgehead atoms. The van der Waals surface area contributed by atoms with Crippen LogP contribution in [0, 0.1) is 0 Å². The van der Waals surface area contributed by atoms with E-state index >= 15 is 0 Å². The predicted molar refractivity (Wildman–Crippen MR) is 175 cm³/mol. The Kier molecular flexibility index (Phi) is 11.6. The summed E-state index contributed by atoms with van der Waals surface area (Å²) in [6.45, 7) is 1.21. The number of hydrogen-bond donors (Lipinski definition) is 1. The summed E-state index contributed by atoms with van der Waals surface area (Å²) in [6, 6.07) is 17.0. The lowest BCUT2D eigenvalue weighted by Crippen LogP contribution is -2.53. The fraction of sp³-hybridized carbons (Fsp3) is 0.375. The van der Waals surface area contributed by atoms with Crippen LogP contribution in [0.2, 0.25) is 5.02 Å². The van der Waals surface area contributed by atoms with E-state index in [-0.39, 0.29) is 34.8 Å². The smallest absolute Gasteiger partial charge is 0.264 e. The molecule has 1 fully saturated rings. The number of nitrogens with zero attached hydrogens (tertiary/aromatic N) is 2. The summed E-state index contributed by atoms with van der Waals surface area (Å²) >= 11 is 9.59. The van der Waals surface area contributed by atoms with Gasteiger partial charge in [0.05, 0.1) is 24.8 Å². The highest BCUT2D eigenvalue weighted by molar-refractivity contribution is 9.10. The van der Waals surface area contributed by atoms with Crippen molar-refractivity contribution < 1.29 is 27.5 Å². The van der Waals surface area contributed by atoms with Gasteiger partial charge in [-0.25, -0.2) is 8.42 Å². The van der Waals surface area contributed by atoms with Crippen LogP contribution >= 0.6 is 27.5 Å². The Bertz CT molecular complexity index is 1560. The van der Waals surface area contributed by atoms with Crippen LogP contribution in [-0.4, -0.2) is 58.0 Å². The van der Waals surface area contributed by atoms with Gasteiger partial charge in [0.15, 0.2) is 11.5 Å². The third kappa shape index (κ3) is 8.25. The Hall–Kier alpha value is -3.28. The molecule has 0 aliphatic heterocycles. The molecule has 1 aliphatic rings. The highest BCUT2D eigenvalue weighted by atomic mass is 79.9. The Morgan fingerprint density at radius 1 is 0.977 bits per heavy atom. The number of amides is 2. The summed E-state index contributed by atoms with van der Waals surface area (Å²) in [5, 5.41) is 3.52. The summed E-state index contributed by atoms with van der Waals surface area (Å²) in [5.74, 6) is -0.241. The van der Waals surface area contributed by atoms with Gasteiger partial charge in [0.25, 0.3) is 10.0 Å². The zero-order valence-electron chi connectivity index (χ0n) is 25.0. The number of benzene rings is 3. The van der Waals surface area contributed by atoms with Crippen LogP contribution in [0.4, 0.5) is 5.69 Å². The minimum absolute atomic E-state index is 0.0533. The van der Waals surface area contributed by atoms with Crippen molar-refractivity contribution in [3.8, 4) is 11.5 Å². The first-order chi connectivity index (χ1) is 21.0. The fourth-order valence-corrected chi connectivity index (χ4v) is 7.23. The SMILES string of the molecule is COc1ccc(S(=O)(=O)N(CC(=O)N(Cc2cccc(Br)c2)[C@H](C)C(=O)NC2CCCCC2)c2ccc(Cl)cc2)cc1OC. The molecule has 1 saturated carbocycles. The monoisotopic (exact) mass is 705 g/mol. The Morgan fingerprint density at radius 3 is 2.30 bits per heavy atom. The van der Waals surface area contributed by atoms with Gasteiger partial charge in [-0.2, -0.15) is 0 Å². The Balaban J connectivity index is 1.70. The maximum Gasteiger partial charge on any atom is 0.264 e. The second kappa shape index (κ2) is 15.1. The van der Waals surface area contributed by atoms with Gasteiger partial charge in [0, 0.05) is 28.1 Å². The first kappa shape index (κ1) is 33.6. The van der Waals surface area contributed by atoms with E-state index in [4.69, 9.17) is 21.1 Å². The van der Waals surface area contributed by atoms with E-state index < -0.39 is 28.5 Å². The Labute approximate surface area is 272 Å². The lowest BCUT2D eigenvalue weighted by molar-refractivity contribution is -0.139. The largest absolute Gasteiger partial charge is 0.493 e. The van der Waals surface area contributed by atoms with E-state index in [1.54, 1.807) is 19.1 Å². The van der Waals surface area contributed by atoms with E-state index in [0.717, 1.165) is 46.4 Å². The van der Waals surface area contributed by atoms with Gasteiger partial charge in [-0.05, 0) is 73.9 Å². The molecule has 12 heteroatoms. The highest BCUT2D eigenvalue weighted by Crippen LogP contribution is 2.33. The first-order valence-corrected chi connectivity index (χ1v) is 17.0. The van der Waals surface area contributed by atoms with E-state index in [0.29, 0.717) is 10.8 Å². The standard InChI is InChI=1S/C32H37BrClN3O6S/c1-22(32(39)35-26-10-5-4-6-11-26)36(20-23-8-7-9-24(33)18-23)31(38)21-37(27-14-12-25(34)13-15-27)44(40,41)28-16-17-29(42-2)30(19-28)43-3/h7-9,12-19,22,26H,4-6,10-11,20-21H2,1-3H3,(H,35,39)/t22-/m1/s1. The van der Waals surface area contributed by atoms with Gasteiger partial charge in [-0.15, -0.1) is 0 Å². The predicted octanol–water partition coefficient (Wildman–Crippen LogP) is 6.18. The second-order valence-corrected chi connectivity index (χ2v) is 13.9. The topological polar surface area (TPSA) is 105 Å². The van der Waals surface area contributed by atoms with Crippen LogP contribution in [0.3, 0.4) is 0 Å². The normalized spacial score (nSPS) is 14.4. The lowest BCUT2D eigenvalue weighted by atomic mass is 9.95. The zero-order chi connectivity index (χ0) is 31.9. The average Bonchev–Trinajstić information content (AvgIpc) is 3.02. The van der Waals surface area contributed by atoms with Crippen molar-refractivity contribution in [3.05, 3.63) is 81.8 Å². The van der Waals surface area contributed by atoms with Gasteiger partial charge in [0.2, 0.25) is 11.8 Å². The van der Waals surface area contributed by atoms with Crippen LogP contribution in [0.15, 0.2) is 76.1 Å². The van der Waals surface area contributed by atoms with Crippen LogP contribution in [0.1, 0.15) is 44.6 Å². The third-order valence-electron chi connectivity index (χ3n) is 7.70. The first-order valence-electron chi connectivity index (χ1n) is 14.4. The van der Waals surface area contributed by atoms with Gasteiger partial charge in [-0.1, -0.05) is 58.9 Å². The maximum atomic E-state index is 14.2. The molecule has 4 rings (SSSR count). The molecular formula is C32H37BrClN3O6S. The minimum atomic E-state index is -4.30. The highest BCUT2D eigenvalue weighted by Gasteiger charge is 2.33. The summed E-state index contributed by atoms with van der Waals surface area (Å²) in [5.41, 5.74) is 1.02. The molecule has 0 unspecified atom stereocenters. The molecule has 0 heterocycles. The summed E-state index contributed by atoms with van der Waals surface area (Å²) < 4.78 is 40.8. The van der Waals surface area contributed by atoms with E-state index in [1.807, 2.05) is 24.3 Å². The van der Waals surface area contributed by atoms with E-state index in [2.05, 4.69) is 21.2 Å². The number of nitrogens with one attached hydrogen (secondary N) is 1. The van der Waals surface area contributed by atoms with Crippen molar-refractivity contribution in [2.75, 3.05) is 25.1 Å². The van der Waals surface area contributed by atoms with Crippen molar-refractivity contribution in [2.24, 2.45) is 0 Å². The van der Waals surface area contributed by atoms with Gasteiger partial charge < -0.3 is 19.7 Å². The average molecular weight is 707 g/mol. The van der Waals surface area contributed by atoms with Gasteiger partial charge in [0.1, 0.15) is 12.6 Å². The molecule has 1 aliphatic carbocycles. The number of carbonyl (C=O) groups excluding carboxylic acids is 2. The van der Waals surface area contributed by atoms with Crippen LogP contribution in [0.5, 0.6) is 11.5 Å². The third-order valence-corrected chi connectivity index (χ3v) is 10.2. The van der Waals surface area contributed by atoms with Gasteiger partial charge in [-0.3, -0.25) is 13.9 Å². The summed E-state index contributed by atoms with van der Waals surface area (Å²) in [6.07, 6.45) is 5.02. The molecule has 44 heavy (non-hydrogen) atoms. The van der Waals surface area contributed by atoms with Crippen molar-refractivity contribution in [2.45, 2.75) is 62.6 Å². The molecule has 0 radical (unpaired) electrons. The number of hydrogen-bond acceptors (Lipinski definition) is 6. The second-order valence-electron chi connectivity index (χ2n) is 10.7. The molecule has 3 aromatic rings. The van der Waals surface area contributed by atoms with Crippen LogP contribution in [-0.2, 0) is 26.2 Å². The quantitative estimate of drug-likeness (QED) is 0.241. The molecule has 1 N–H and O–H groups in total. The number of anilines is 1. The lowest BCUT2D eigenvalue weighted by Gasteiger charge is -2.33. The number of carbonyl (C=O) groups is 2. The number of halogens is 2. The summed E-state index contributed by atoms with van der Waals surface area (Å²) in [4.78, 5) is 29.0. The molecule has 2 amide bonds. The molecule has 3 aromatic carbocycles. The molecule has 236 valence electrons. The zero-order valence-corrected chi connectivity index (χ0v) is 28.1. The summed E-state index contributed by atoms with van der Waals surface area (Å²) in [7, 11) is -1.44. The fourth-order valence-electron chi connectivity index (χ4n) is 5.22. The Morgan fingerprint density at radius 2 is 1.66 bits per heavy atom. The minimum Gasteiger partial charge on any atom is -0.493 e. The number of methoxy groups -OCH3 is 2. The number of sulfonamides is 1. The number of ether oxygens (including phenoxy) is 2. The molecular weight excluding hydrogens is 670 g/mol. The molecule has 9 nitrogen and oxygen atoms in total. The van der Waals surface area contributed by atoms with Crippen molar-refractivity contribution in [3.63, 3.8) is 0 Å². The van der Waals surface area contributed by atoms with E-state index in [9.17, 15) is 18.0 Å². The maximum absolute atomic E-state index is 14.2. The van der Waals surface area contributed by atoms with Crippen molar-refractivity contribution in [1.29, 1.82) is 0 Å².